The Hall–Kier alpha value is -1.62. The van der Waals surface area contributed by atoms with Gasteiger partial charge in [0.25, 0.3) is 0 Å². The fourth-order valence-electron chi connectivity index (χ4n) is 1.87. The second-order valence-electron chi connectivity index (χ2n) is 5.27. The number of likely N-dealkylation sites (N-methyl/N-ethyl adjacent to an activating group) is 1. The third-order valence-corrected chi connectivity index (χ3v) is 3.23. The lowest BCUT2D eigenvalue weighted by Crippen LogP contribution is -2.36. The number of carbonyl (C=O) groups is 1. The number of para-hydroxylation sites is 1. The molecule has 0 saturated carbocycles. The van der Waals surface area contributed by atoms with Crippen molar-refractivity contribution in [1.82, 2.24) is 5.32 Å². The molecule has 1 aromatic carbocycles. The smallest absolute Gasteiger partial charge is 0.239 e. The predicted molar refractivity (Wildman–Crippen MR) is 88.1 cm³/mol. The molecular weight excluding hydrogens is 270 g/mol. The van der Waals surface area contributed by atoms with E-state index >= 15 is 0 Å². The van der Waals surface area contributed by atoms with Crippen molar-refractivity contribution < 1.29 is 4.79 Å². The van der Waals surface area contributed by atoms with Crippen LogP contribution in [0.25, 0.3) is 0 Å². The van der Waals surface area contributed by atoms with E-state index in [1.54, 1.807) is 0 Å². The Balaban J connectivity index is 2.60. The molecule has 1 aromatic rings. The number of benzene rings is 1. The lowest BCUT2D eigenvalue weighted by Gasteiger charge is -2.21. The first-order chi connectivity index (χ1) is 9.41. The van der Waals surface area contributed by atoms with Crippen LogP contribution in [0.5, 0.6) is 0 Å². The average Bonchev–Trinajstić information content (AvgIpc) is 2.38. The number of nitrogens with zero attached hydrogens (tertiary/aromatic N) is 1. The minimum Gasteiger partial charge on any atom is -0.389 e. The number of amides is 1. The van der Waals surface area contributed by atoms with E-state index in [2.05, 4.69) is 19.2 Å². The van der Waals surface area contributed by atoms with Gasteiger partial charge in [0.2, 0.25) is 5.91 Å². The largest absolute Gasteiger partial charge is 0.389 e. The summed E-state index contributed by atoms with van der Waals surface area (Å²) in [6.45, 7) is 5.27. The zero-order valence-electron chi connectivity index (χ0n) is 12.3. The molecule has 1 amide bonds. The monoisotopic (exact) mass is 293 g/mol. The van der Waals surface area contributed by atoms with Crippen LogP contribution in [0, 0.1) is 5.92 Å². The molecule has 5 heteroatoms. The lowest BCUT2D eigenvalue weighted by atomic mass is 10.1. The van der Waals surface area contributed by atoms with Crippen LogP contribution in [0.15, 0.2) is 24.3 Å². The van der Waals surface area contributed by atoms with Crippen molar-refractivity contribution in [2.45, 2.75) is 20.3 Å². The SMILES string of the molecule is CC(C)CCNC(=O)CN(C)c1ccccc1C(N)=S. The molecule has 0 radical (unpaired) electrons. The highest BCUT2D eigenvalue weighted by Gasteiger charge is 2.12. The number of hydrogen-bond donors (Lipinski definition) is 2. The average molecular weight is 293 g/mol. The van der Waals surface area contributed by atoms with Gasteiger partial charge in [-0.05, 0) is 24.5 Å². The highest BCUT2D eigenvalue weighted by atomic mass is 32.1. The fourth-order valence-corrected chi connectivity index (χ4v) is 2.04. The Morgan fingerprint density at radius 3 is 2.65 bits per heavy atom. The van der Waals surface area contributed by atoms with E-state index < -0.39 is 0 Å². The summed E-state index contributed by atoms with van der Waals surface area (Å²) in [5.74, 6) is 0.592. The number of nitrogens with one attached hydrogen (secondary N) is 1. The molecule has 0 fully saturated rings. The van der Waals surface area contributed by atoms with Gasteiger partial charge in [-0.1, -0.05) is 38.2 Å². The van der Waals surface area contributed by atoms with Gasteiger partial charge < -0.3 is 16.0 Å². The van der Waals surface area contributed by atoms with Crippen LogP contribution < -0.4 is 16.0 Å². The quantitative estimate of drug-likeness (QED) is 0.754. The highest BCUT2D eigenvalue weighted by molar-refractivity contribution is 7.80. The molecule has 3 N–H and O–H groups in total. The Morgan fingerprint density at radius 1 is 1.40 bits per heavy atom. The zero-order valence-corrected chi connectivity index (χ0v) is 13.2. The molecule has 4 nitrogen and oxygen atoms in total. The Bertz CT molecular complexity index is 474. The molecule has 0 aliphatic carbocycles. The summed E-state index contributed by atoms with van der Waals surface area (Å²) in [4.78, 5) is 14.1. The van der Waals surface area contributed by atoms with Crippen LogP contribution in [0.3, 0.4) is 0 Å². The van der Waals surface area contributed by atoms with Gasteiger partial charge in [0, 0.05) is 24.8 Å². The van der Waals surface area contributed by atoms with E-state index in [9.17, 15) is 4.79 Å². The number of carbonyl (C=O) groups excluding carboxylic acids is 1. The molecule has 1 rings (SSSR count). The number of anilines is 1. The van der Waals surface area contributed by atoms with Crippen LogP contribution in [-0.2, 0) is 4.79 Å². The number of rotatable bonds is 7. The van der Waals surface area contributed by atoms with Crippen molar-refractivity contribution in [2.24, 2.45) is 11.7 Å². The van der Waals surface area contributed by atoms with Crippen LogP contribution in [0.4, 0.5) is 5.69 Å². The standard InChI is InChI=1S/C15H23N3OS/c1-11(2)8-9-17-14(19)10-18(3)13-7-5-4-6-12(13)15(16)20/h4-7,11H,8-10H2,1-3H3,(H2,16,20)(H,17,19). The maximum atomic E-state index is 11.9. The van der Waals surface area contributed by atoms with Gasteiger partial charge >= 0.3 is 0 Å². The molecule has 0 aliphatic rings. The van der Waals surface area contributed by atoms with Gasteiger partial charge in [-0.2, -0.15) is 0 Å². The van der Waals surface area contributed by atoms with E-state index in [0.29, 0.717) is 17.5 Å². The zero-order chi connectivity index (χ0) is 15.1. The third-order valence-electron chi connectivity index (χ3n) is 3.01. The Morgan fingerprint density at radius 2 is 2.05 bits per heavy atom. The van der Waals surface area contributed by atoms with Crippen LogP contribution in [0.1, 0.15) is 25.8 Å². The van der Waals surface area contributed by atoms with Crippen LogP contribution >= 0.6 is 12.2 Å². The van der Waals surface area contributed by atoms with Crippen molar-refractivity contribution in [3.8, 4) is 0 Å². The number of hydrogen-bond acceptors (Lipinski definition) is 3. The topological polar surface area (TPSA) is 58.4 Å². The van der Waals surface area contributed by atoms with Gasteiger partial charge in [-0.25, -0.2) is 0 Å². The summed E-state index contributed by atoms with van der Waals surface area (Å²) in [6, 6.07) is 7.57. The van der Waals surface area contributed by atoms with Gasteiger partial charge in [-0.3, -0.25) is 4.79 Å². The second-order valence-corrected chi connectivity index (χ2v) is 5.71. The van der Waals surface area contributed by atoms with Crippen LogP contribution in [-0.4, -0.2) is 31.0 Å². The summed E-state index contributed by atoms with van der Waals surface area (Å²) >= 11 is 5.03. The molecule has 0 spiro atoms. The minimum atomic E-state index is 0.00546. The van der Waals surface area contributed by atoms with E-state index in [0.717, 1.165) is 17.7 Å². The minimum absolute atomic E-state index is 0.00546. The third kappa shape index (κ3) is 5.17. The van der Waals surface area contributed by atoms with Crippen molar-refractivity contribution in [3.63, 3.8) is 0 Å². The maximum absolute atomic E-state index is 11.9. The molecule has 0 heterocycles. The molecule has 0 saturated heterocycles. The summed E-state index contributed by atoms with van der Waals surface area (Å²) in [6.07, 6.45) is 0.985. The van der Waals surface area contributed by atoms with Gasteiger partial charge in [0.05, 0.1) is 6.54 Å². The summed E-state index contributed by atoms with van der Waals surface area (Å²) in [7, 11) is 1.86. The molecule has 20 heavy (non-hydrogen) atoms. The first-order valence-electron chi connectivity index (χ1n) is 6.78. The molecule has 110 valence electrons. The summed E-state index contributed by atoms with van der Waals surface area (Å²) in [5.41, 5.74) is 7.37. The van der Waals surface area contributed by atoms with E-state index in [1.165, 1.54) is 0 Å². The van der Waals surface area contributed by atoms with E-state index in [4.69, 9.17) is 18.0 Å². The molecule has 0 bridgehead atoms. The van der Waals surface area contributed by atoms with Crippen molar-refractivity contribution >= 4 is 28.8 Å². The molecule has 0 unspecified atom stereocenters. The normalized spacial score (nSPS) is 10.4. The highest BCUT2D eigenvalue weighted by Crippen LogP contribution is 2.18. The van der Waals surface area contributed by atoms with Crippen molar-refractivity contribution in [2.75, 3.05) is 25.0 Å². The van der Waals surface area contributed by atoms with Crippen molar-refractivity contribution in [3.05, 3.63) is 29.8 Å². The molecule has 0 aromatic heterocycles. The summed E-state index contributed by atoms with van der Waals surface area (Å²) < 4.78 is 0. The first-order valence-corrected chi connectivity index (χ1v) is 7.19. The summed E-state index contributed by atoms with van der Waals surface area (Å²) in [5, 5.41) is 2.92. The van der Waals surface area contributed by atoms with E-state index in [-0.39, 0.29) is 12.5 Å². The second kappa shape index (κ2) is 7.85. The predicted octanol–water partition coefficient (Wildman–Crippen LogP) is 1.92. The molecule has 0 aliphatic heterocycles. The lowest BCUT2D eigenvalue weighted by molar-refractivity contribution is -0.119. The Kier molecular flexibility index (Phi) is 6.45. The first kappa shape index (κ1) is 16.4. The van der Waals surface area contributed by atoms with Gasteiger partial charge in [0.15, 0.2) is 0 Å². The van der Waals surface area contributed by atoms with Gasteiger partial charge in [0.1, 0.15) is 4.99 Å². The van der Waals surface area contributed by atoms with Crippen molar-refractivity contribution in [1.29, 1.82) is 0 Å². The fraction of sp³-hybridized carbons (Fsp3) is 0.467. The van der Waals surface area contributed by atoms with E-state index in [1.807, 2.05) is 36.2 Å². The van der Waals surface area contributed by atoms with Gasteiger partial charge in [-0.15, -0.1) is 0 Å². The molecular formula is C15H23N3OS. The number of nitrogens with two attached hydrogens (primary N) is 1. The number of thiocarbonyl (C=S) groups is 1. The van der Waals surface area contributed by atoms with Crippen LogP contribution in [0.2, 0.25) is 0 Å². The maximum Gasteiger partial charge on any atom is 0.239 e. The Labute approximate surface area is 126 Å². The molecule has 0 atom stereocenters.